The van der Waals surface area contributed by atoms with Crippen molar-refractivity contribution in [1.29, 1.82) is 0 Å². The molecule has 3 aromatic carbocycles. The number of anilines is 1. The van der Waals surface area contributed by atoms with Crippen LogP contribution >= 0.6 is 0 Å². The minimum absolute atomic E-state index is 0.186. The lowest BCUT2D eigenvalue weighted by atomic mass is 10.1. The van der Waals surface area contributed by atoms with Crippen molar-refractivity contribution in [2.75, 3.05) is 5.32 Å². The van der Waals surface area contributed by atoms with E-state index in [2.05, 4.69) is 28.0 Å². The van der Waals surface area contributed by atoms with Gasteiger partial charge < -0.3 is 5.32 Å². The van der Waals surface area contributed by atoms with Crippen LogP contribution in [-0.4, -0.2) is 17.5 Å². The molecular weight excluding hydrogens is 374 g/mol. The maximum Gasteiger partial charge on any atom is 0.271 e. The van der Waals surface area contributed by atoms with Gasteiger partial charge in [-0.05, 0) is 68.7 Å². The Morgan fingerprint density at radius 1 is 0.833 bits per heavy atom. The lowest BCUT2D eigenvalue weighted by Gasteiger charge is -2.07. The molecule has 0 aromatic heterocycles. The van der Waals surface area contributed by atoms with Gasteiger partial charge in [-0.2, -0.15) is 5.10 Å². The summed E-state index contributed by atoms with van der Waals surface area (Å²) in [5.41, 5.74) is 7.40. The predicted octanol–water partition coefficient (Wildman–Crippen LogP) is 4.99. The summed E-state index contributed by atoms with van der Waals surface area (Å²) in [6.45, 7) is 3.84. The zero-order valence-corrected chi connectivity index (χ0v) is 17.2. The van der Waals surface area contributed by atoms with Gasteiger partial charge in [-0.3, -0.25) is 9.59 Å². The maximum absolute atomic E-state index is 12.3. The summed E-state index contributed by atoms with van der Waals surface area (Å²) in [7, 11) is 0. The number of carbonyl (C=O) groups is 2. The summed E-state index contributed by atoms with van der Waals surface area (Å²) in [6, 6.07) is 24.3. The molecule has 0 heterocycles. The lowest BCUT2D eigenvalue weighted by Crippen LogP contribution is -2.19. The van der Waals surface area contributed by atoms with E-state index >= 15 is 0 Å². The minimum atomic E-state index is -0.286. The van der Waals surface area contributed by atoms with E-state index in [4.69, 9.17) is 0 Å². The Balaban J connectivity index is 1.52. The zero-order chi connectivity index (χ0) is 21.3. The third-order valence-corrected chi connectivity index (χ3v) is 4.65. The van der Waals surface area contributed by atoms with Crippen molar-refractivity contribution in [3.05, 3.63) is 101 Å². The van der Waals surface area contributed by atoms with E-state index in [-0.39, 0.29) is 11.8 Å². The molecule has 5 nitrogen and oxygen atoms in total. The van der Waals surface area contributed by atoms with Crippen molar-refractivity contribution in [3.8, 4) is 0 Å². The molecule has 0 aliphatic rings. The van der Waals surface area contributed by atoms with Gasteiger partial charge in [-0.1, -0.05) is 48.0 Å². The fraction of sp³-hybridized carbons (Fsp3) is 0.160. The maximum atomic E-state index is 12.3. The molecule has 30 heavy (non-hydrogen) atoms. The van der Waals surface area contributed by atoms with Gasteiger partial charge in [0.05, 0.1) is 0 Å². The van der Waals surface area contributed by atoms with E-state index in [1.807, 2.05) is 50.2 Å². The van der Waals surface area contributed by atoms with Crippen LogP contribution in [0.15, 0.2) is 84.0 Å². The molecular formula is C25H25N3O2. The molecule has 3 aromatic rings. The summed E-state index contributed by atoms with van der Waals surface area (Å²) < 4.78 is 0. The molecule has 3 rings (SSSR count). The zero-order valence-electron chi connectivity index (χ0n) is 17.2. The summed E-state index contributed by atoms with van der Waals surface area (Å²) in [4.78, 5) is 24.6. The Morgan fingerprint density at radius 2 is 1.57 bits per heavy atom. The minimum Gasteiger partial charge on any atom is -0.322 e. The van der Waals surface area contributed by atoms with Crippen LogP contribution in [0.2, 0.25) is 0 Å². The largest absolute Gasteiger partial charge is 0.322 e. The van der Waals surface area contributed by atoms with Gasteiger partial charge in [-0.25, -0.2) is 5.43 Å². The van der Waals surface area contributed by atoms with Gasteiger partial charge >= 0.3 is 0 Å². The number of nitrogens with zero attached hydrogens (tertiary/aromatic N) is 1. The topological polar surface area (TPSA) is 70.6 Å². The number of amides is 2. The van der Waals surface area contributed by atoms with Crippen molar-refractivity contribution in [2.24, 2.45) is 5.10 Å². The molecule has 0 aliphatic carbocycles. The molecule has 0 saturated heterocycles. The second kappa shape index (κ2) is 10.2. The van der Waals surface area contributed by atoms with E-state index in [0.717, 1.165) is 24.1 Å². The van der Waals surface area contributed by atoms with Gasteiger partial charge in [0.2, 0.25) is 0 Å². The molecule has 2 N–H and O–H groups in total. The molecule has 0 spiro atoms. The van der Waals surface area contributed by atoms with E-state index in [1.54, 1.807) is 30.3 Å². The first-order chi connectivity index (χ1) is 14.5. The molecule has 0 radical (unpaired) electrons. The highest BCUT2D eigenvalue weighted by Gasteiger charge is 2.08. The van der Waals surface area contributed by atoms with Gasteiger partial charge in [0, 0.05) is 22.5 Å². The molecule has 0 bridgehead atoms. The Hall–Kier alpha value is -3.73. The van der Waals surface area contributed by atoms with Gasteiger partial charge in [0.25, 0.3) is 11.8 Å². The van der Waals surface area contributed by atoms with Crippen LogP contribution in [0.25, 0.3) is 0 Å². The van der Waals surface area contributed by atoms with Crippen LogP contribution in [0, 0.1) is 6.92 Å². The van der Waals surface area contributed by atoms with Gasteiger partial charge in [0.1, 0.15) is 0 Å². The third-order valence-electron chi connectivity index (χ3n) is 4.65. The second-order valence-electron chi connectivity index (χ2n) is 7.17. The highest BCUT2D eigenvalue weighted by molar-refractivity contribution is 6.04. The number of hydrazone groups is 1. The lowest BCUT2D eigenvalue weighted by molar-refractivity contribution is 0.0954. The number of rotatable bonds is 7. The van der Waals surface area contributed by atoms with Gasteiger partial charge in [-0.15, -0.1) is 0 Å². The SMILES string of the molecule is CC(CCc1ccccc1)=NNC(=O)c1ccc(NC(=O)c2cccc(C)c2)cc1. The van der Waals surface area contributed by atoms with Gasteiger partial charge in [0.15, 0.2) is 0 Å². The van der Waals surface area contributed by atoms with Crippen molar-refractivity contribution in [1.82, 2.24) is 5.43 Å². The fourth-order valence-corrected chi connectivity index (χ4v) is 2.93. The third kappa shape index (κ3) is 6.14. The van der Waals surface area contributed by atoms with E-state index in [9.17, 15) is 9.59 Å². The standard InChI is InChI=1S/C25H25N3O2/c1-18-7-6-10-22(17-18)24(29)26-23-15-13-21(14-16-23)25(30)28-27-19(2)11-12-20-8-4-3-5-9-20/h3-10,13-17H,11-12H2,1-2H3,(H,26,29)(H,28,30). The van der Waals surface area contributed by atoms with E-state index in [0.29, 0.717) is 16.8 Å². The van der Waals surface area contributed by atoms with Crippen LogP contribution in [0.4, 0.5) is 5.69 Å². The van der Waals surface area contributed by atoms with Crippen LogP contribution in [0.1, 0.15) is 45.2 Å². The average molecular weight is 399 g/mol. The first-order valence-corrected chi connectivity index (χ1v) is 9.87. The molecule has 0 aliphatic heterocycles. The normalized spacial score (nSPS) is 11.1. The average Bonchev–Trinajstić information content (AvgIpc) is 2.77. The highest BCUT2D eigenvalue weighted by Crippen LogP contribution is 2.12. The summed E-state index contributed by atoms with van der Waals surface area (Å²) in [5.74, 6) is -0.472. The number of hydrogen-bond donors (Lipinski definition) is 2. The predicted molar refractivity (Wildman–Crippen MR) is 121 cm³/mol. The van der Waals surface area contributed by atoms with Crippen LogP contribution in [-0.2, 0) is 6.42 Å². The molecule has 0 unspecified atom stereocenters. The smallest absolute Gasteiger partial charge is 0.271 e. The molecule has 0 saturated carbocycles. The highest BCUT2D eigenvalue weighted by atomic mass is 16.2. The van der Waals surface area contributed by atoms with Crippen LogP contribution < -0.4 is 10.7 Å². The molecule has 152 valence electrons. The molecule has 5 heteroatoms. The summed E-state index contributed by atoms with van der Waals surface area (Å²) >= 11 is 0. The first kappa shape index (κ1) is 21.0. The van der Waals surface area contributed by atoms with E-state index in [1.165, 1.54) is 5.56 Å². The number of benzene rings is 3. The quantitative estimate of drug-likeness (QED) is 0.434. The molecule has 2 amide bonds. The summed E-state index contributed by atoms with van der Waals surface area (Å²) in [6.07, 6.45) is 1.65. The second-order valence-corrected chi connectivity index (χ2v) is 7.17. The fourth-order valence-electron chi connectivity index (χ4n) is 2.93. The van der Waals surface area contributed by atoms with Crippen molar-refractivity contribution >= 4 is 23.2 Å². The number of hydrogen-bond acceptors (Lipinski definition) is 3. The van der Waals surface area contributed by atoms with Crippen molar-refractivity contribution < 1.29 is 9.59 Å². The number of carbonyl (C=O) groups excluding carboxylic acids is 2. The Bertz CT molecular complexity index is 1040. The first-order valence-electron chi connectivity index (χ1n) is 9.87. The van der Waals surface area contributed by atoms with Crippen molar-refractivity contribution in [3.63, 3.8) is 0 Å². The Labute approximate surface area is 176 Å². The number of nitrogens with one attached hydrogen (secondary N) is 2. The van der Waals surface area contributed by atoms with Crippen LogP contribution in [0.3, 0.4) is 0 Å². The van der Waals surface area contributed by atoms with Crippen LogP contribution in [0.5, 0.6) is 0 Å². The summed E-state index contributed by atoms with van der Waals surface area (Å²) in [5, 5.41) is 7.02. The van der Waals surface area contributed by atoms with E-state index < -0.39 is 0 Å². The Kier molecular flexibility index (Phi) is 7.11. The monoisotopic (exact) mass is 399 g/mol. The Morgan fingerprint density at radius 3 is 2.27 bits per heavy atom. The molecule has 0 fully saturated rings. The van der Waals surface area contributed by atoms with Crippen molar-refractivity contribution in [2.45, 2.75) is 26.7 Å². The molecule has 0 atom stereocenters. The number of aryl methyl sites for hydroxylation is 2.